The monoisotopic (exact) mass is 342 g/mol. The standard InChI is InChI=1S/C18H19ClN4O/c1-2-15-22-16-17(21-13-9-8-12(19)10-14(13)20-16)23(15)18(24)11-6-4-3-5-7-11/h8-11H,2-7H2,1H3. The van der Waals surface area contributed by atoms with Crippen molar-refractivity contribution in [3.63, 3.8) is 0 Å². The second-order valence-corrected chi connectivity index (χ2v) is 6.83. The lowest BCUT2D eigenvalue weighted by molar-refractivity contribution is 0.0802. The highest BCUT2D eigenvalue weighted by Crippen LogP contribution is 2.28. The highest BCUT2D eigenvalue weighted by atomic mass is 35.5. The largest absolute Gasteiger partial charge is 0.274 e. The third-order valence-corrected chi connectivity index (χ3v) is 5.02. The van der Waals surface area contributed by atoms with Crippen LogP contribution >= 0.6 is 11.6 Å². The van der Waals surface area contributed by atoms with Crippen LogP contribution in [0.1, 0.15) is 49.6 Å². The lowest BCUT2D eigenvalue weighted by Gasteiger charge is -2.21. The van der Waals surface area contributed by atoms with E-state index in [1.54, 1.807) is 16.7 Å². The molecule has 1 aliphatic rings. The number of fused-ring (bicyclic) bond motifs is 2. The van der Waals surface area contributed by atoms with Gasteiger partial charge >= 0.3 is 0 Å². The van der Waals surface area contributed by atoms with Gasteiger partial charge in [-0.15, -0.1) is 0 Å². The first kappa shape index (κ1) is 15.5. The molecule has 0 amide bonds. The van der Waals surface area contributed by atoms with E-state index in [4.69, 9.17) is 11.6 Å². The van der Waals surface area contributed by atoms with Crippen molar-refractivity contribution in [3.8, 4) is 0 Å². The minimum absolute atomic E-state index is 0.0733. The van der Waals surface area contributed by atoms with Crippen LogP contribution in [0.15, 0.2) is 18.2 Å². The van der Waals surface area contributed by atoms with Gasteiger partial charge < -0.3 is 0 Å². The SMILES string of the molecule is CCc1nc2nc3cc(Cl)ccc3nc2n1C(=O)C1CCCCC1. The lowest BCUT2D eigenvalue weighted by atomic mass is 9.88. The average molecular weight is 343 g/mol. The molecule has 2 aromatic heterocycles. The third kappa shape index (κ3) is 2.57. The molecule has 1 fully saturated rings. The van der Waals surface area contributed by atoms with E-state index in [1.165, 1.54) is 6.42 Å². The molecule has 0 radical (unpaired) electrons. The second kappa shape index (κ2) is 6.13. The Morgan fingerprint density at radius 1 is 1.17 bits per heavy atom. The van der Waals surface area contributed by atoms with E-state index in [0.717, 1.165) is 37.0 Å². The van der Waals surface area contributed by atoms with Gasteiger partial charge in [-0.2, -0.15) is 0 Å². The van der Waals surface area contributed by atoms with Gasteiger partial charge in [0.1, 0.15) is 5.82 Å². The van der Waals surface area contributed by atoms with Crippen molar-refractivity contribution in [1.82, 2.24) is 19.5 Å². The van der Waals surface area contributed by atoms with E-state index in [-0.39, 0.29) is 11.8 Å². The molecule has 0 aliphatic heterocycles. The van der Waals surface area contributed by atoms with E-state index >= 15 is 0 Å². The quantitative estimate of drug-likeness (QED) is 0.691. The Labute approximate surface area is 145 Å². The zero-order valence-electron chi connectivity index (χ0n) is 13.6. The highest BCUT2D eigenvalue weighted by molar-refractivity contribution is 6.31. The van der Waals surface area contributed by atoms with Gasteiger partial charge in [-0.3, -0.25) is 4.79 Å². The summed E-state index contributed by atoms with van der Waals surface area (Å²) in [6.45, 7) is 2.00. The molecule has 0 atom stereocenters. The first-order chi connectivity index (χ1) is 11.7. The van der Waals surface area contributed by atoms with Crippen molar-refractivity contribution in [3.05, 3.63) is 29.0 Å². The first-order valence-electron chi connectivity index (χ1n) is 8.56. The number of hydrogen-bond donors (Lipinski definition) is 0. The molecule has 4 rings (SSSR count). The van der Waals surface area contributed by atoms with Gasteiger partial charge in [0, 0.05) is 17.4 Å². The molecule has 6 heteroatoms. The molecule has 5 nitrogen and oxygen atoms in total. The van der Waals surface area contributed by atoms with Crippen LogP contribution < -0.4 is 0 Å². The summed E-state index contributed by atoms with van der Waals surface area (Å²) in [7, 11) is 0. The number of aryl methyl sites for hydroxylation is 1. The van der Waals surface area contributed by atoms with Crippen LogP contribution in [0.25, 0.3) is 22.3 Å². The maximum atomic E-state index is 13.1. The van der Waals surface area contributed by atoms with Crippen LogP contribution in [0.2, 0.25) is 5.02 Å². The molecule has 24 heavy (non-hydrogen) atoms. The number of hydrogen-bond acceptors (Lipinski definition) is 4. The molecule has 0 N–H and O–H groups in total. The van der Waals surface area contributed by atoms with Crippen LogP contribution in [0.5, 0.6) is 0 Å². The summed E-state index contributed by atoms with van der Waals surface area (Å²) in [5, 5.41) is 0.615. The lowest BCUT2D eigenvalue weighted by Crippen LogP contribution is -2.25. The van der Waals surface area contributed by atoms with E-state index in [0.29, 0.717) is 28.3 Å². The minimum atomic E-state index is 0.0733. The van der Waals surface area contributed by atoms with Crippen LogP contribution in [-0.4, -0.2) is 25.4 Å². The fraction of sp³-hybridized carbons (Fsp3) is 0.444. The van der Waals surface area contributed by atoms with Gasteiger partial charge in [0.25, 0.3) is 0 Å². The van der Waals surface area contributed by atoms with E-state index in [9.17, 15) is 4.79 Å². The molecular formula is C18H19ClN4O. The van der Waals surface area contributed by atoms with E-state index in [2.05, 4.69) is 15.0 Å². The Hall–Kier alpha value is -2.01. The normalized spacial score (nSPS) is 16.1. The Morgan fingerprint density at radius 2 is 1.96 bits per heavy atom. The zero-order chi connectivity index (χ0) is 16.7. The predicted molar refractivity (Wildman–Crippen MR) is 94.4 cm³/mol. The van der Waals surface area contributed by atoms with Crippen molar-refractivity contribution in [1.29, 1.82) is 0 Å². The number of carbonyl (C=O) groups is 1. The second-order valence-electron chi connectivity index (χ2n) is 6.39. The number of carbonyl (C=O) groups excluding carboxylic acids is 1. The highest BCUT2D eigenvalue weighted by Gasteiger charge is 2.27. The summed E-state index contributed by atoms with van der Waals surface area (Å²) >= 11 is 6.04. The number of rotatable bonds is 2. The van der Waals surface area contributed by atoms with Crippen LogP contribution in [0, 0.1) is 5.92 Å². The van der Waals surface area contributed by atoms with E-state index < -0.39 is 0 Å². The van der Waals surface area contributed by atoms with Crippen molar-refractivity contribution < 1.29 is 4.79 Å². The number of nitrogens with zero attached hydrogens (tertiary/aromatic N) is 4. The van der Waals surface area contributed by atoms with Crippen molar-refractivity contribution in [2.24, 2.45) is 5.92 Å². The van der Waals surface area contributed by atoms with Crippen LogP contribution in [0.3, 0.4) is 0 Å². The van der Waals surface area contributed by atoms with Gasteiger partial charge in [-0.1, -0.05) is 37.8 Å². The third-order valence-electron chi connectivity index (χ3n) is 4.79. The van der Waals surface area contributed by atoms with Crippen molar-refractivity contribution in [2.45, 2.75) is 45.4 Å². The number of imidazole rings is 1. The summed E-state index contributed by atoms with van der Waals surface area (Å²) in [6.07, 6.45) is 6.06. The number of aromatic nitrogens is 4. The van der Waals surface area contributed by atoms with Gasteiger partial charge in [-0.25, -0.2) is 19.5 Å². The summed E-state index contributed by atoms with van der Waals surface area (Å²) in [5.41, 5.74) is 2.52. The summed E-state index contributed by atoms with van der Waals surface area (Å²) < 4.78 is 1.70. The Balaban J connectivity index is 1.89. The molecule has 0 spiro atoms. The summed E-state index contributed by atoms with van der Waals surface area (Å²) in [4.78, 5) is 26.9. The van der Waals surface area contributed by atoms with Crippen LogP contribution in [0.4, 0.5) is 0 Å². The maximum Gasteiger partial charge on any atom is 0.236 e. The molecule has 1 aromatic carbocycles. The number of benzene rings is 1. The molecule has 2 heterocycles. The van der Waals surface area contributed by atoms with Crippen LogP contribution in [-0.2, 0) is 6.42 Å². The molecule has 0 unspecified atom stereocenters. The van der Waals surface area contributed by atoms with Crippen molar-refractivity contribution >= 4 is 39.8 Å². The topological polar surface area (TPSA) is 60.7 Å². The Morgan fingerprint density at radius 3 is 2.71 bits per heavy atom. The van der Waals surface area contributed by atoms with Gasteiger partial charge in [0.15, 0.2) is 11.3 Å². The molecule has 124 valence electrons. The van der Waals surface area contributed by atoms with Crippen molar-refractivity contribution in [2.75, 3.05) is 0 Å². The fourth-order valence-electron chi connectivity index (χ4n) is 3.53. The van der Waals surface area contributed by atoms with Gasteiger partial charge in [0.2, 0.25) is 5.91 Å². The number of halogens is 1. The fourth-order valence-corrected chi connectivity index (χ4v) is 3.70. The zero-order valence-corrected chi connectivity index (χ0v) is 14.4. The predicted octanol–water partition coefficient (Wildman–Crippen LogP) is 4.42. The molecule has 3 aromatic rings. The molecule has 0 bridgehead atoms. The minimum Gasteiger partial charge on any atom is -0.274 e. The van der Waals surface area contributed by atoms with Gasteiger partial charge in [0.05, 0.1) is 11.0 Å². The first-order valence-corrected chi connectivity index (χ1v) is 8.94. The van der Waals surface area contributed by atoms with Gasteiger partial charge in [-0.05, 0) is 31.0 Å². The van der Waals surface area contributed by atoms with E-state index in [1.807, 2.05) is 13.0 Å². The molecule has 1 aliphatic carbocycles. The smallest absolute Gasteiger partial charge is 0.236 e. The maximum absolute atomic E-state index is 13.1. The molecule has 0 saturated heterocycles. The summed E-state index contributed by atoms with van der Waals surface area (Å²) in [5.74, 6) is 0.933. The molecule has 1 saturated carbocycles. The average Bonchev–Trinajstić information content (AvgIpc) is 2.97. The Kier molecular flexibility index (Phi) is 3.96. The summed E-state index contributed by atoms with van der Waals surface area (Å²) in [6, 6.07) is 5.39. The molecular weight excluding hydrogens is 324 g/mol. The Bertz CT molecular complexity index is 928.